The lowest BCUT2D eigenvalue weighted by Crippen LogP contribution is -2.08. The molecule has 0 atom stereocenters. The van der Waals surface area contributed by atoms with Crippen molar-refractivity contribution in [3.63, 3.8) is 0 Å². The van der Waals surface area contributed by atoms with Gasteiger partial charge in [0.15, 0.2) is 0 Å². The highest BCUT2D eigenvalue weighted by Gasteiger charge is 2.11. The van der Waals surface area contributed by atoms with Gasteiger partial charge in [0.2, 0.25) is 0 Å². The smallest absolute Gasteiger partial charge is 0.150 e. The molecule has 0 amide bonds. The first-order valence-electron chi connectivity index (χ1n) is 4.70. The number of thioether (sulfide) groups is 1. The van der Waals surface area contributed by atoms with Gasteiger partial charge in [0.1, 0.15) is 6.29 Å². The predicted molar refractivity (Wildman–Crippen MR) is 62.9 cm³/mol. The molecule has 1 rings (SSSR count). The third kappa shape index (κ3) is 3.54. The van der Waals surface area contributed by atoms with Crippen LogP contribution < -0.4 is 0 Å². The molecular weight excluding hydrogens is 192 g/mol. The molecule has 0 aromatic heterocycles. The Morgan fingerprint density at radius 1 is 1.29 bits per heavy atom. The molecule has 1 aromatic rings. The number of hydrogen-bond donors (Lipinski definition) is 0. The van der Waals surface area contributed by atoms with Crippen LogP contribution in [0.4, 0.5) is 0 Å². The molecule has 0 spiro atoms. The molecule has 0 radical (unpaired) electrons. The number of carbonyl (C=O) groups excluding carboxylic acids is 1. The van der Waals surface area contributed by atoms with Crippen LogP contribution in [0.25, 0.3) is 0 Å². The Morgan fingerprint density at radius 2 is 1.93 bits per heavy atom. The van der Waals surface area contributed by atoms with E-state index in [4.69, 9.17) is 0 Å². The number of aldehydes is 1. The van der Waals surface area contributed by atoms with Gasteiger partial charge in [-0.3, -0.25) is 4.79 Å². The lowest BCUT2D eigenvalue weighted by Gasteiger charge is -2.17. The van der Waals surface area contributed by atoms with Gasteiger partial charge < -0.3 is 0 Å². The summed E-state index contributed by atoms with van der Waals surface area (Å²) in [5.74, 6) is 0.901. The molecule has 1 aromatic carbocycles. The SMILES string of the molecule is CC(C)(C)SCc1ccccc1C=O. The maximum atomic E-state index is 10.7. The number of hydrogen-bond acceptors (Lipinski definition) is 2. The lowest BCUT2D eigenvalue weighted by molar-refractivity contribution is 0.112. The van der Waals surface area contributed by atoms with E-state index in [0.717, 1.165) is 23.2 Å². The highest BCUT2D eigenvalue weighted by Crippen LogP contribution is 2.27. The Balaban J connectivity index is 2.71. The first kappa shape index (κ1) is 11.3. The molecule has 14 heavy (non-hydrogen) atoms. The monoisotopic (exact) mass is 208 g/mol. The van der Waals surface area contributed by atoms with Crippen LogP contribution in [-0.2, 0) is 5.75 Å². The second kappa shape index (κ2) is 4.65. The average Bonchev–Trinajstić information content (AvgIpc) is 2.14. The Labute approximate surface area is 89.9 Å². The second-order valence-electron chi connectivity index (χ2n) is 4.22. The zero-order valence-electron chi connectivity index (χ0n) is 8.91. The first-order valence-corrected chi connectivity index (χ1v) is 5.68. The molecule has 0 saturated heterocycles. The molecule has 2 heteroatoms. The Hall–Kier alpha value is -0.760. The Morgan fingerprint density at radius 3 is 2.50 bits per heavy atom. The van der Waals surface area contributed by atoms with Crippen molar-refractivity contribution in [1.29, 1.82) is 0 Å². The quantitative estimate of drug-likeness (QED) is 0.707. The highest BCUT2D eigenvalue weighted by molar-refractivity contribution is 7.99. The van der Waals surface area contributed by atoms with Gasteiger partial charge in [-0.05, 0) is 5.56 Å². The minimum absolute atomic E-state index is 0.246. The molecule has 0 saturated carbocycles. The van der Waals surface area contributed by atoms with Crippen molar-refractivity contribution in [3.05, 3.63) is 35.4 Å². The molecule has 1 nitrogen and oxygen atoms in total. The molecule has 0 bridgehead atoms. The zero-order chi connectivity index (χ0) is 10.6. The second-order valence-corrected chi connectivity index (χ2v) is 6.02. The van der Waals surface area contributed by atoms with Crippen molar-refractivity contribution in [3.8, 4) is 0 Å². The van der Waals surface area contributed by atoms with Crippen LogP contribution in [0, 0.1) is 0 Å². The molecular formula is C12H16OS. The zero-order valence-corrected chi connectivity index (χ0v) is 9.73. The van der Waals surface area contributed by atoms with E-state index < -0.39 is 0 Å². The van der Waals surface area contributed by atoms with Gasteiger partial charge in [-0.15, -0.1) is 0 Å². The fourth-order valence-corrected chi connectivity index (χ4v) is 1.93. The Kier molecular flexibility index (Phi) is 3.76. The van der Waals surface area contributed by atoms with Crippen LogP contribution in [0.3, 0.4) is 0 Å². The highest BCUT2D eigenvalue weighted by atomic mass is 32.2. The van der Waals surface area contributed by atoms with E-state index in [1.54, 1.807) is 0 Å². The van der Waals surface area contributed by atoms with Crippen LogP contribution >= 0.6 is 11.8 Å². The summed E-state index contributed by atoms with van der Waals surface area (Å²) in [4.78, 5) is 10.7. The van der Waals surface area contributed by atoms with Gasteiger partial charge in [0.05, 0.1) is 0 Å². The summed E-state index contributed by atoms with van der Waals surface area (Å²) in [7, 11) is 0. The van der Waals surface area contributed by atoms with Crippen LogP contribution in [0.2, 0.25) is 0 Å². The van der Waals surface area contributed by atoms with Crippen LogP contribution in [-0.4, -0.2) is 11.0 Å². The largest absolute Gasteiger partial charge is 0.298 e. The van der Waals surface area contributed by atoms with Crippen LogP contribution in [0.5, 0.6) is 0 Å². The van der Waals surface area contributed by atoms with Crippen LogP contribution in [0.1, 0.15) is 36.7 Å². The standard InChI is InChI=1S/C12H16OS/c1-12(2,3)14-9-11-7-5-4-6-10(11)8-13/h4-8H,9H2,1-3H3. The van der Waals surface area contributed by atoms with Crippen molar-refractivity contribution < 1.29 is 4.79 Å². The van der Waals surface area contributed by atoms with Crippen LogP contribution in [0.15, 0.2) is 24.3 Å². The number of carbonyl (C=O) groups is 1. The lowest BCUT2D eigenvalue weighted by atomic mass is 10.1. The maximum absolute atomic E-state index is 10.7. The molecule has 0 aliphatic heterocycles. The number of benzene rings is 1. The fraction of sp³-hybridized carbons (Fsp3) is 0.417. The van der Waals surface area contributed by atoms with Gasteiger partial charge in [0.25, 0.3) is 0 Å². The third-order valence-electron chi connectivity index (χ3n) is 1.84. The maximum Gasteiger partial charge on any atom is 0.150 e. The van der Waals surface area contributed by atoms with E-state index in [9.17, 15) is 4.79 Å². The molecule has 0 heterocycles. The van der Waals surface area contributed by atoms with Gasteiger partial charge in [0, 0.05) is 16.1 Å². The summed E-state index contributed by atoms with van der Waals surface area (Å²) >= 11 is 1.86. The number of rotatable bonds is 3. The average molecular weight is 208 g/mol. The van der Waals surface area contributed by atoms with Gasteiger partial charge >= 0.3 is 0 Å². The van der Waals surface area contributed by atoms with Gasteiger partial charge in [-0.1, -0.05) is 45.0 Å². The third-order valence-corrected chi connectivity index (χ3v) is 3.16. The first-order chi connectivity index (χ1) is 6.53. The van der Waals surface area contributed by atoms with Crippen molar-refractivity contribution in [1.82, 2.24) is 0 Å². The molecule has 76 valence electrons. The van der Waals surface area contributed by atoms with Crippen molar-refractivity contribution in [2.24, 2.45) is 0 Å². The normalized spacial score (nSPS) is 11.4. The topological polar surface area (TPSA) is 17.1 Å². The summed E-state index contributed by atoms with van der Waals surface area (Å²) in [6.07, 6.45) is 0.929. The molecule has 0 N–H and O–H groups in total. The van der Waals surface area contributed by atoms with Crippen molar-refractivity contribution >= 4 is 18.0 Å². The summed E-state index contributed by atoms with van der Waals surface area (Å²) in [6, 6.07) is 7.76. The van der Waals surface area contributed by atoms with E-state index in [0.29, 0.717) is 0 Å². The molecule has 0 unspecified atom stereocenters. The summed E-state index contributed by atoms with van der Waals surface area (Å²) in [5.41, 5.74) is 1.94. The Bertz CT molecular complexity index is 312. The summed E-state index contributed by atoms with van der Waals surface area (Å²) in [5, 5.41) is 0. The van der Waals surface area contributed by atoms with Crippen molar-refractivity contribution in [2.45, 2.75) is 31.3 Å². The molecule has 0 fully saturated rings. The summed E-state index contributed by atoms with van der Waals surface area (Å²) < 4.78 is 0.246. The van der Waals surface area contributed by atoms with Crippen molar-refractivity contribution in [2.75, 3.05) is 0 Å². The fourth-order valence-electron chi connectivity index (χ4n) is 1.07. The van der Waals surface area contributed by atoms with E-state index in [-0.39, 0.29) is 4.75 Å². The van der Waals surface area contributed by atoms with E-state index in [1.165, 1.54) is 0 Å². The van der Waals surface area contributed by atoms with E-state index in [2.05, 4.69) is 20.8 Å². The van der Waals surface area contributed by atoms with Gasteiger partial charge in [-0.25, -0.2) is 0 Å². The van der Waals surface area contributed by atoms with E-state index in [1.807, 2.05) is 36.0 Å². The predicted octanol–water partition coefficient (Wildman–Crippen LogP) is 3.53. The minimum atomic E-state index is 0.246. The molecule has 0 aliphatic rings. The molecule has 0 aliphatic carbocycles. The summed E-state index contributed by atoms with van der Waals surface area (Å²) in [6.45, 7) is 6.55. The van der Waals surface area contributed by atoms with Gasteiger partial charge in [-0.2, -0.15) is 11.8 Å². The van der Waals surface area contributed by atoms with E-state index >= 15 is 0 Å². The minimum Gasteiger partial charge on any atom is -0.298 e.